The van der Waals surface area contributed by atoms with Crippen LogP contribution in [0.5, 0.6) is 0 Å². The molecule has 0 saturated carbocycles. The molecule has 0 aliphatic rings. The molecule has 23 heavy (non-hydrogen) atoms. The van der Waals surface area contributed by atoms with Gasteiger partial charge in [-0.2, -0.15) is 4.98 Å². The number of hydrogen-bond acceptors (Lipinski definition) is 6. The Labute approximate surface area is 135 Å². The predicted octanol–water partition coefficient (Wildman–Crippen LogP) is 1.44. The van der Waals surface area contributed by atoms with E-state index < -0.39 is 0 Å². The lowest BCUT2D eigenvalue weighted by Gasteiger charge is -2.23. The quantitative estimate of drug-likeness (QED) is 0.832. The highest BCUT2D eigenvalue weighted by atomic mass is 16.5. The third kappa shape index (κ3) is 4.61. The monoisotopic (exact) mass is 318 g/mol. The van der Waals surface area contributed by atoms with Crippen molar-refractivity contribution < 1.29 is 14.1 Å². The van der Waals surface area contributed by atoms with E-state index in [2.05, 4.69) is 15.5 Å². The Morgan fingerprint density at radius 3 is 2.87 bits per heavy atom. The normalized spacial score (nSPS) is 12.4. The summed E-state index contributed by atoms with van der Waals surface area (Å²) >= 11 is 0. The number of benzene rings is 1. The Kier molecular flexibility index (Phi) is 5.84. The van der Waals surface area contributed by atoms with Gasteiger partial charge in [-0.3, -0.25) is 9.69 Å². The minimum atomic E-state index is -0.375. The van der Waals surface area contributed by atoms with E-state index in [4.69, 9.17) is 9.26 Å². The smallest absolute Gasteiger partial charge is 0.252 e. The molecular weight excluding hydrogens is 296 g/mol. The van der Waals surface area contributed by atoms with Crippen LogP contribution in [0, 0.1) is 6.92 Å². The Hall–Kier alpha value is -2.25. The van der Waals surface area contributed by atoms with Crippen molar-refractivity contribution in [3.63, 3.8) is 0 Å². The molecule has 0 fully saturated rings. The van der Waals surface area contributed by atoms with Gasteiger partial charge in [-0.05, 0) is 26.6 Å². The van der Waals surface area contributed by atoms with Crippen molar-refractivity contribution in [3.8, 4) is 0 Å². The zero-order chi connectivity index (χ0) is 16.8. The van der Waals surface area contributed by atoms with E-state index in [1.165, 1.54) is 0 Å². The average molecular weight is 318 g/mol. The zero-order valence-corrected chi connectivity index (χ0v) is 13.9. The summed E-state index contributed by atoms with van der Waals surface area (Å²) in [5.41, 5.74) is 2.06. The first kappa shape index (κ1) is 17.1. The number of nitrogens with one attached hydrogen (secondary N) is 1. The topological polar surface area (TPSA) is 80.5 Å². The molecule has 0 aliphatic carbocycles. The van der Waals surface area contributed by atoms with Crippen molar-refractivity contribution in [2.24, 2.45) is 0 Å². The summed E-state index contributed by atoms with van der Waals surface area (Å²) in [6.45, 7) is 2.47. The summed E-state index contributed by atoms with van der Waals surface area (Å²) in [5.74, 6) is 0.699. The summed E-state index contributed by atoms with van der Waals surface area (Å²) in [7, 11) is 5.30. The molecule has 7 heteroatoms. The molecule has 1 heterocycles. The van der Waals surface area contributed by atoms with Gasteiger partial charge < -0.3 is 14.6 Å². The number of methoxy groups -OCH3 is 1. The number of aromatic nitrogens is 2. The van der Waals surface area contributed by atoms with Crippen molar-refractivity contribution in [1.29, 1.82) is 0 Å². The summed E-state index contributed by atoms with van der Waals surface area (Å²) in [5, 5.41) is 6.65. The van der Waals surface area contributed by atoms with Gasteiger partial charge in [0.1, 0.15) is 12.6 Å². The zero-order valence-electron chi connectivity index (χ0n) is 13.9. The van der Waals surface area contributed by atoms with Gasteiger partial charge in [0.15, 0.2) is 5.82 Å². The first-order valence-electron chi connectivity index (χ1n) is 7.32. The Morgan fingerprint density at radius 2 is 2.22 bits per heavy atom. The van der Waals surface area contributed by atoms with Crippen molar-refractivity contribution in [2.45, 2.75) is 26.1 Å². The van der Waals surface area contributed by atoms with Gasteiger partial charge in [-0.1, -0.05) is 35.0 Å². The summed E-state index contributed by atoms with van der Waals surface area (Å²) < 4.78 is 9.91. The lowest BCUT2D eigenvalue weighted by molar-refractivity contribution is -0.126. The van der Waals surface area contributed by atoms with Crippen LogP contribution in [0.4, 0.5) is 0 Å². The number of nitrogens with zero attached hydrogens (tertiary/aromatic N) is 3. The fraction of sp³-hybridized carbons (Fsp3) is 0.438. The first-order chi connectivity index (χ1) is 11.0. The lowest BCUT2D eigenvalue weighted by atomic mass is 10.0. The third-order valence-corrected chi connectivity index (χ3v) is 3.32. The largest absolute Gasteiger partial charge is 0.375 e. The average Bonchev–Trinajstić information content (AvgIpc) is 2.93. The van der Waals surface area contributed by atoms with E-state index >= 15 is 0 Å². The van der Waals surface area contributed by atoms with Gasteiger partial charge >= 0.3 is 0 Å². The van der Waals surface area contributed by atoms with Crippen molar-refractivity contribution in [1.82, 2.24) is 20.4 Å². The van der Waals surface area contributed by atoms with Gasteiger partial charge in [0.05, 0.1) is 6.54 Å². The van der Waals surface area contributed by atoms with Crippen LogP contribution in [0.1, 0.15) is 28.9 Å². The molecule has 1 aromatic heterocycles. The highest BCUT2D eigenvalue weighted by molar-refractivity contribution is 5.83. The van der Waals surface area contributed by atoms with Gasteiger partial charge in [0, 0.05) is 7.11 Å². The fourth-order valence-corrected chi connectivity index (χ4v) is 2.33. The second kappa shape index (κ2) is 7.85. The highest BCUT2D eigenvalue weighted by Gasteiger charge is 2.23. The number of rotatable bonds is 7. The number of carbonyl (C=O) groups is 1. The molecule has 0 bridgehead atoms. The van der Waals surface area contributed by atoms with Crippen LogP contribution in [0.25, 0.3) is 0 Å². The van der Waals surface area contributed by atoms with E-state index in [0.29, 0.717) is 11.7 Å². The molecule has 0 spiro atoms. The van der Waals surface area contributed by atoms with E-state index in [-0.39, 0.29) is 25.1 Å². The maximum atomic E-state index is 12.5. The highest BCUT2D eigenvalue weighted by Crippen LogP contribution is 2.19. The molecule has 0 unspecified atom stereocenters. The van der Waals surface area contributed by atoms with Crippen LogP contribution in [0.3, 0.4) is 0 Å². The van der Waals surface area contributed by atoms with Gasteiger partial charge in [-0.25, -0.2) is 0 Å². The molecule has 2 aromatic rings. The fourth-order valence-electron chi connectivity index (χ4n) is 2.33. The Balaban J connectivity index is 2.03. The van der Waals surface area contributed by atoms with E-state index in [9.17, 15) is 4.79 Å². The minimum absolute atomic E-state index is 0.112. The maximum absolute atomic E-state index is 12.5. The second-order valence-electron chi connectivity index (χ2n) is 5.54. The van der Waals surface area contributed by atoms with Crippen LogP contribution < -0.4 is 5.32 Å². The molecule has 1 N–H and O–H groups in total. The van der Waals surface area contributed by atoms with Crippen LogP contribution >= 0.6 is 0 Å². The molecule has 1 aromatic carbocycles. The second-order valence-corrected chi connectivity index (χ2v) is 5.54. The summed E-state index contributed by atoms with van der Waals surface area (Å²) in [6.07, 6.45) is 0. The van der Waals surface area contributed by atoms with Crippen LogP contribution in [0.2, 0.25) is 0 Å². The van der Waals surface area contributed by atoms with E-state index in [1.807, 2.05) is 50.2 Å². The van der Waals surface area contributed by atoms with E-state index in [0.717, 1.165) is 11.1 Å². The number of likely N-dealkylation sites (N-methyl/N-ethyl adjacent to an activating group) is 1. The predicted molar refractivity (Wildman–Crippen MR) is 84.5 cm³/mol. The van der Waals surface area contributed by atoms with Crippen LogP contribution in [0.15, 0.2) is 28.8 Å². The molecule has 0 saturated heterocycles. The van der Waals surface area contributed by atoms with Crippen molar-refractivity contribution in [3.05, 3.63) is 47.1 Å². The summed E-state index contributed by atoms with van der Waals surface area (Å²) in [4.78, 5) is 18.5. The van der Waals surface area contributed by atoms with E-state index in [1.54, 1.807) is 7.11 Å². The van der Waals surface area contributed by atoms with Gasteiger partial charge in [0.25, 0.3) is 5.89 Å². The maximum Gasteiger partial charge on any atom is 0.252 e. The number of carbonyl (C=O) groups excluding carboxylic acids is 1. The molecule has 7 nitrogen and oxygen atoms in total. The number of amides is 1. The molecule has 0 radical (unpaired) electrons. The lowest BCUT2D eigenvalue weighted by Crippen LogP contribution is -2.37. The van der Waals surface area contributed by atoms with Crippen molar-refractivity contribution >= 4 is 5.91 Å². The first-order valence-corrected chi connectivity index (χ1v) is 7.32. The SMILES string of the molecule is COCc1nc(CNC(=O)[C@@H](c2cccc(C)c2)N(C)C)no1. The van der Waals surface area contributed by atoms with Crippen molar-refractivity contribution in [2.75, 3.05) is 21.2 Å². The van der Waals surface area contributed by atoms with Gasteiger partial charge in [0.2, 0.25) is 5.91 Å². The molecule has 2 rings (SSSR count). The van der Waals surface area contributed by atoms with Crippen LogP contribution in [-0.4, -0.2) is 42.2 Å². The third-order valence-electron chi connectivity index (χ3n) is 3.32. The molecule has 124 valence electrons. The summed E-state index contributed by atoms with van der Waals surface area (Å²) in [6, 6.07) is 7.53. The molecular formula is C16H22N4O3. The minimum Gasteiger partial charge on any atom is -0.375 e. The molecule has 0 aliphatic heterocycles. The Bertz CT molecular complexity index is 654. The standard InChI is InChI=1S/C16H22N4O3/c1-11-6-5-7-12(8-11)15(20(2)3)16(21)17-9-13-18-14(10-22-4)23-19-13/h5-8,15H,9-10H2,1-4H3,(H,17,21)/t15-/m1/s1. The number of ether oxygens (including phenoxy) is 1. The Morgan fingerprint density at radius 1 is 1.43 bits per heavy atom. The molecule has 1 atom stereocenters. The number of hydrogen-bond donors (Lipinski definition) is 1. The van der Waals surface area contributed by atoms with Gasteiger partial charge in [-0.15, -0.1) is 0 Å². The number of aryl methyl sites for hydroxylation is 1. The van der Waals surface area contributed by atoms with Crippen LogP contribution in [-0.2, 0) is 22.7 Å². The molecule has 1 amide bonds.